The van der Waals surface area contributed by atoms with Gasteiger partial charge in [0.05, 0.1) is 18.8 Å². The van der Waals surface area contributed by atoms with Gasteiger partial charge in [0.2, 0.25) is 0 Å². The molecule has 2 rings (SSSR count). The first kappa shape index (κ1) is 17.1. The molecule has 0 saturated carbocycles. The lowest BCUT2D eigenvalue weighted by molar-refractivity contribution is 0.0704. The molecule has 2 amide bonds. The summed E-state index contributed by atoms with van der Waals surface area (Å²) < 4.78 is 10.8. The van der Waals surface area contributed by atoms with Crippen LogP contribution in [0.2, 0.25) is 5.02 Å². The van der Waals surface area contributed by atoms with Gasteiger partial charge in [-0.2, -0.15) is 0 Å². The molecule has 0 aliphatic carbocycles. The van der Waals surface area contributed by atoms with Crippen LogP contribution in [0.25, 0.3) is 0 Å². The van der Waals surface area contributed by atoms with E-state index in [1.165, 1.54) is 0 Å². The second kappa shape index (κ2) is 8.36. The van der Waals surface area contributed by atoms with E-state index in [9.17, 15) is 4.79 Å². The maximum Gasteiger partial charge on any atom is 0.318 e. The number of ether oxygens (including phenoxy) is 2. The Balaban J connectivity index is 2.03. The Labute approximate surface area is 136 Å². The zero-order chi connectivity index (χ0) is 15.9. The molecular weight excluding hydrogens is 304 g/mol. The number of carbonyl (C=O) groups excluding carboxylic acids is 1. The molecule has 6 heteroatoms. The van der Waals surface area contributed by atoms with Crippen molar-refractivity contribution in [2.24, 2.45) is 0 Å². The molecule has 0 radical (unpaired) electrons. The number of nitrogens with zero attached hydrogens (tertiary/aromatic N) is 1. The standard InChI is InChI=1S/C16H23ClN2O3/c1-12-10-19(8-3-9-22-12)16(20)18-15(11-21-2)13-4-6-14(17)7-5-13/h4-7,12,15H,3,8-11H2,1-2H3,(H,18,20). The normalized spacial score (nSPS) is 20.3. The number of methoxy groups -OCH3 is 1. The van der Waals surface area contributed by atoms with Crippen LogP contribution in [-0.4, -0.2) is 50.4 Å². The predicted molar refractivity (Wildman–Crippen MR) is 86.2 cm³/mol. The molecule has 1 N–H and O–H groups in total. The van der Waals surface area contributed by atoms with Crippen molar-refractivity contribution in [3.05, 3.63) is 34.9 Å². The van der Waals surface area contributed by atoms with E-state index in [4.69, 9.17) is 21.1 Å². The van der Waals surface area contributed by atoms with Crippen LogP contribution in [0.4, 0.5) is 4.79 Å². The zero-order valence-corrected chi connectivity index (χ0v) is 13.8. The lowest BCUT2D eigenvalue weighted by Crippen LogP contribution is -2.45. The number of hydrogen-bond acceptors (Lipinski definition) is 3. The molecule has 2 unspecified atom stereocenters. The Hall–Kier alpha value is -1.30. The van der Waals surface area contributed by atoms with E-state index >= 15 is 0 Å². The molecule has 0 spiro atoms. The van der Waals surface area contributed by atoms with Crippen LogP contribution in [0.3, 0.4) is 0 Å². The fraction of sp³-hybridized carbons (Fsp3) is 0.562. The number of amides is 2. The van der Waals surface area contributed by atoms with Gasteiger partial charge in [0, 0.05) is 31.8 Å². The van der Waals surface area contributed by atoms with Gasteiger partial charge in [-0.25, -0.2) is 4.79 Å². The molecule has 1 fully saturated rings. The van der Waals surface area contributed by atoms with E-state index in [-0.39, 0.29) is 18.2 Å². The first-order chi connectivity index (χ1) is 10.6. The molecule has 122 valence electrons. The molecule has 1 heterocycles. The van der Waals surface area contributed by atoms with E-state index in [0.29, 0.717) is 31.3 Å². The van der Waals surface area contributed by atoms with Crippen LogP contribution in [0, 0.1) is 0 Å². The maximum absolute atomic E-state index is 12.5. The summed E-state index contributed by atoms with van der Waals surface area (Å²) in [5.41, 5.74) is 0.971. The van der Waals surface area contributed by atoms with Crippen molar-refractivity contribution >= 4 is 17.6 Å². The van der Waals surface area contributed by atoms with Crippen molar-refractivity contribution in [2.75, 3.05) is 33.4 Å². The Kier molecular flexibility index (Phi) is 6.49. The first-order valence-corrected chi connectivity index (χ1v) is 7.89. The summed E-state index contributed by atoms with van der Waals surface area (Å²) in [6.07, 6.45) is 0.915. The van der Waals surface area contributed by atoms with E-state index in [0.717, 1.165) is 12.0 Å². The predicted octanol–water partition coefficient (Wildman–Crippen LogP) is 2.85. The number of nitrogens with one attached hydrogen (secondary N) is 1. The van der Waals surface area contributed by atoms with Crippen molar-refractivity contribution in [1.29, 1.82) is 0 Å². The van der Waals surface area contributed by atoms with Gasteiger partial charge in [0.1, 0.15) is 0 Å². The van der Waals surface area contributed by atoms with Gasteiger partial charge in [-0.05, 0) is 31.0 Å². The fourth-order valence-corrected chi connectivity index (χ4v) is 2.63. The molecular formula is C16H23ClN2O3. The lowest BCUT2D eigenvalue weighted by Gasteiger charge is -2.26. The summed E-state index contributed by atoms with van der Waals surface area (Å²) in [6, 6.07) is 7.14. The SMILES string of the molecule is COCC(NC(=O)N1CCCOC(C)C1)c1ccc(Cl)cc1. The summed E-state index contributed by atoms with van der Waals surface area (Å²) in [6.45, 7) is 4.40. The molecule has 1 aromatic carbocycles. The van der Waals surface area contributed by atoms with Gasteiger partial charge in [0.25, 0.3) is 0 Å². The lowest BCUT2D eigenvalue weighted by atomic mass is 10.1. The fourth-order valence-electron chi connectivity index (χ4n) is 2.50. The minimum absolute atomic E-state index is 0.0599. The van der Waals surface area contributed by atoms with E-state index in [1.807, 2.05) is 31.2 Å². The number of hydrogen-bond donors (Lipinski definition) is 1. The second-order valence-corrected chi connectivity index (χ2v) is 5.93. The number of carbonyl (C=O) groups is 1. The van der Waals surface area contributed by atoms with Crippen molar-refractivity contribution in [1.82, 2.24) is 10.2 Å². The van der Waals surface area contributed by atoms with E-state index in [2.05, 4.69) is 5.32 Å². The third-order valence-electron chi connectivity index (χ3n) is 3.64. The molecule has 1 aromatic rings. The van der Waals surface area contributed by atoms with Crippen molar-refractivity contribution in [3.8, 4) is 0 Å². The Morgan fingerprint density at radius 2 is 2.23 bits per heavy atom. The third kappa shape index (κ3) is 4.87. The Morgan fingerprint density at radius 3 is 2.91 bits per heavy atom. The van der Waals surface area contributed by atoms with Gasteiger partial charge < -0.3 is 19.7 Å². The summed E-state index contributed by atoms with van der Waals surface area (Å²) >= 11 is 5.91. The van der Waals surface area contributed by atoms with Gasteiger partial charge in [-0.3, -0.25) is 0 Å². The molecule has 1 aliphatic rings. The van der Waals surface area contributed by atoms with Gasteiger partial charge in [-0.1, -0.05) is 23.7 Å². The highest BCUT2D eigenvalue weighted by atomic mass is 35.5. The minimum Gasteiger partial charge on any atom is -0.382 e. The van der Waals surface area contributed by atoms with Crippen LogP contribution < -0.4 is 5.32 Å². The quantitative estimate of drug-likeness (QED) is 0.925. The average Bonchev–Trinajstić information content (AvgIpc) is 2.72. The smallest absolute Gasteiger partial charge is 0.318 e. The molecule has 2 atom stereocenters. The minimum atomic E-state index is -0.200. The van der Waals surface area contributed by atoms with Crippen LogP contribution >= 0.6 is 11.6 Å². The highest BCUT2D eigenvalue weighted by Gasteiger charge is 2.22. The molecule has 0 aromatic heterocycles. The monoisotopic (exact) mass is 326 g/mol. The molecule has 1 saturated heterocycles. The summed E-state index contributed by atoms with van der Waals surface area (Å²) in [5, 5.41) is 3.71. The van der Waals surface area contributed by atoms with Gasteiger partial charge in [-0.15, -0.1) is 0 Å². The highest BCUT2D eigenvalue weighted by Crippen LogP contribution is 2.17. The van der Waals surface area contributed by atoms with Gasteiger partial charge >= 0.3 is 6.03 Å². The van der Waals surface area contributed by atoms with Crippen molar-refractivity contribution < 1.29 is 14.3 Å². The Bertz CT molecular complexity index is 481. The van der Waals surface area contributed by atoms with E-state index in [1.54, 1.807) is 12.0 Å². The highest BCUT2D eigenvalue weighted by molar-refractivity contribution is 6.30. The molecule has 5 nitrogen and oxygen atoms in total. The zero-order valence-electron chi connectivity index (χ0n) is 13.0. The topological polar surface area (TPSA) is 50.8 Å². The van der Waals surface area contributed by atoms with E-state index < -0.39 is 0 Å². The second-order valence-electron chi connectivity index (χ2n) is 5.49. The molecule has 0 bridgehead atoms. The van der Waals surface area contributed by atoms with Crippen LogP contribution in [0.15, 0.2) is 24.3 Å². The number of rotatable bonds is 4. The summed E-state index contributed by atoms with van der Waals surface area (Å²) in [7, 11) is 1.62. The number of urea groups is 1. The summed E-state index contributed by atoms with van der Waals surface area (Å²) in [5.74, 6) is 0. The van der Waals surface area contributed by atoms with Crippen LogP contribution in [0.1, 0.15) is 24.9 Å². The molecule has 22 heavy (non-hydrogen) atoms. The van der Waals surface area contributed by atoms with Crippen molar-refractivity contribution in [2.45, 2.75) is 25.5 Å². The number of halogens is 1. The average molecular weight is 327 g/mol. The van der Waals surface area contributed by atoms with Crippen LogP contribution in [0.5, 0.6) is 0 Å². The maximum atomic E-state index is 12.5. The van der Waals surface area contributed by atoms with Gasteiger partial charge in [0.15, 0.2) is 0 Å². The molecule has 1 aliphatic heterocycles. The number of benzene rings is 1. The largest absolute Gasteiger partial charge is 0.382 e. The third-order valence-corrected chi connectivity index (χ3v) is 3.89. The van der Waals surface area contributed by atoms with Crippen molar-refractivity contribution in [3.63, 3.8) is 0 Å². The Morgan fingerprint density at radius 1 is 1.50 bits per heavy atom. The van der Waals surface area contributed by atoms with Crippen LogP contribution in [-0.2, 0) is 9.47 Å². The first-order valence-electron chi connectivity index (χ1n) is 7.51. The summed E-state index contributed by atoms with van der Waals surface area (Å²) in [4.78, 5) is 14.3.